The molecule has 1 heteroatoms. The van der Waals surface area contributed by atoms with E-state index in [1.54, 1.807) is 0 Å². The summed E-state index contributed by atoms with van der Waals surface area (Å²) >= 11 is 0. The van der Waals surface area contributed by atoms with E-state index in [4.69, 9.17) is 5.73 Å². The highest BCUT2D eigenvalue weighted by atomic mass is 14.7. The minimum Gasteiger partial charge on any atom is -0.327 e. The van der Waals surface area contributed by atoms with E-state index in [0.29, 0.717) is 6.04 Å². The summed E-state index contributed by atoms with van der Waals surface area (Å²) in [6, 6.07) is 0.501. The molecule has 0 spiro atoms. The first-order chi connectivity index (χ1) is 8.58. The third-order valence-electron chi connectivity index (χ3n) is 5.82. The van der Waals surface area contributed by atoms with E-state index in [1.165, 1.54) is 51.4 Å². The summed E-state index contributed by atoms with van der Waals surface area (Å²) < 4.78 is 0. The van der Waals surface area contributed by atoms with Crippen LogP contribution in [0.15, 0.2) is 0 Å². The summed E-state index contributed by atoms with van der Waals surface area (Å²) in [5, 5.41) is 0. The standard InChI is InChI=1S/C17H33N/c1-12(2)14-7-9-15(10-8-14)17(18)16-6-4-5-13(3)11-16/h12-17H,4-11,18H2,1-3H3. The summed E-state index contributed by atoms with van der Waals surface area (Å²) in [4.78, 5) is 0. The SMILES string of the molecule is CC1CCCC(C(N)C2CCC(C(C)C)CC2)C1. The Hall–Kier alpha value is -0.0400. The fraction of sp³-hybridized carbons (Fsp3) is 1.00. The van der Waals surface area contributed by atoms with Crippen LogP contribution in [-0.4, -0.2) is 6.04 Å². The third kappa shape index (κ3) is 3.50. The average Bonchev–Trinajstić information content (AvgIpc) is 2.38. The summed E-state index contributed by atoms with van der Waals surface area (Å²) in [5.41, 5.74) is 6.61. The van der Waals surface area contributed by atoms with Crippen LogP contribution in [0, 0.1) is 29.6 Å². The van der Waals surface area contributed by atoms with Crippen molar-refractivity contribution in [1.82, 2.24) is 0 Å². The van der Waals surface area contributed by atoms with Gasteiger partial charge in [0.25, 0.3) is 0 Å². The van der Waals surface area contributed by atoms with E-state index < -0.39 is 0 Å². The van der Waals surface area contributed by atoms with Crippen LogP contribution in [0.1, 0.15) is 72.1 Å². The largest absolute Gasteiger partial charge is 0.327 e. The molecule has 106 valence electrons. The Morgan fingerprint density at radius 3 is 2.00 bits per heavy atom. The van der Waals surface area contributed by atoms with Crippen molar-refractivity contribution in [1.29, 1.82) is 0 Å². The zero-order valence-corrected chi connectivity index (χ0v) is 12.7. The van der Waals surface area contributed by atoms with Crippen LogP contribution >= 0.6 is 0 Å². The highest BCUT2D eigenvalue weighted by Gasteiger charge is 2.32. The molecule has 2 aliphatic carbocycles. The first-order valence-corrected chi connectivity index (χ1v) is 8.33. The van der Waals surface area contributed by atoms with Gasteiger partial charge in [0.1, 0.15) is 0 Å². The smallest absolute Gasteiger partial charge is 0.00957 e. The Morgan fingerprint density at radius 2 is 1.44 bits per heavy atom. The molecule has 0 bridgehead atoms. The molecule has 1 nitrogen and oxygen atoms in total. The quantitative estimate of drug-likeness (QED) is 0.779. The molecule has 2 aliphatic rings. The van der Waals surface area contributed by atoms with Crippen LogP contribution in [0.3, 0.4) is 0 Å². The number of hydrogen-bond donors (Lipinski definition) is 1. The van der Waals surface area contributed by atoms with Gasteiger partial charge in [-0.05, 0) is 68.1 Å². The molecule has 3 unspecified atom stereocenters. The predicted octanol–water partition coefficient (Wildman–Crippen LogP) is 4.60. The Labute approximate surface area is 114 Å². The lowest BCUT2D eigenvalue weighted by Gasteiger charge is -2.39. The predicted molar refractivity (Wildman–Crippen MR) is 79.4 cm³/mol. The normalized spacial score (nSPS) is 39.8. The van der Waals surface area contributed by atoms with E-state index in [2.05, 4.69) is 20.8 Å². The van der Waals surface area contributed by atoms with Crippen molar-refractivity contribution in [3.8, 4) is 0 Å². The van der Waals surface area contributed by atoms with Gasteiger partial charge >= 0.3 is 0 Å². The molecule has 18 heavy (non-hydrogen) atoms. The van der Waals surface area contributed by atoms with Gasteiger partial charge in [0, 0.05) is 6.04 Å². The number of nitrogens with two attached hydrogens (primary N) is 1. The fourth-order valence-corrected chi connectivity index (χ4v) is 4.41. The lowest BCUT2D eigenvalue weighted by Crippen LogP contribution is -2.41. The molecule has 0 aromatic heterocycles. The Morgan fingerprint density at radius 1 is 0.833 bits per heavy atom. The van der Waals surface area contributed by atoms with Crippen molar-refractivity contribution in [2.45, 2.75) is 78.2 Å². The van der Waals surface area contributed by atoms with Gasteiger partial charge in [0.15, 0.2) is 0 Å². The molecule has 2 rings (SSSR count). The maximum Gasteiger partial charge on any atom is 0.00957 e. The molecule has 0 amide bonds. The van der Waals surface area contributed by atoms with E-state index in [9.17, 15) is 0 Å². The summed E-state index contributed by atoms with van der Waals surface area (Å²) in [5.74, 6) is 4.42. The Kier molecular flexibility index (Phi) is 5.12. The van der Waals surface area contributed by atoms with Crippen LogP contribution in [0.4, 0.5) is 0 Å². The molecular formula is C17H33N. The molecule has 2 N–H and O–H groups in total. The molecule has 0 aromatic rings. The first kappa shape index (κ1) is 14.4. The van der Waals surface area contributed by atoms with Crippen molar-refractivity contribution in [3.05, 3.63) is 0 Å². The molecule has 0 heterocycles. The van der Waals surface area contributed by atoms with Gasteiger partial charge in [-0.1, -0.05) is 33.6 Å². The molecule has 0 aromatic carbocycles. The topological polar surface area (TPSA) is 26.0 Å². The average molecular weight is 251 g/mol. The Balaban J connectivity index is 1.81. The lowest BCUT2D eigenvalue weighted by atomic mass is 9.69. The fourth-order valence-electron chi connectivity index (χ4n) is 4.41. The van der Waals surface area contributed by atoms with E-state index in [1.807, 2.05) is 0 Å². The van der Waals surface area contributed by atoms with Crippen molar-refractivity contribution < 1.29 is 0 Å². The van der Waals surface area contributed by atoms with E-state index in [0.717, 1.165) is 29.6 Å². The van der Waals surface area contributed by atoms with Crippen molar-refractivity contribution in [3.63, 3.8) is 0 Å². The second-order valence-electron chi connectivity index (χ2n) is 7.53. The van der Waals surface area contributed by atoms with Gasteiger partial charge in [0.2, 0.25) is 0 Å². The van der Waals surface area contributed by atoms with Gasteiger partial charge in [-0.25, -0.2) is 0 Å². The first-order valence-electron chi connectivity index (χ1n) is 8.33. The minimum atomic E-state index is 0.501. The van der Waals surface area contributed by atoms with Crippen molar-refractivity contribution in [2.75, 3.05) is 0 Å². The van der Waals surface area contributed by atoms with Crippen LogP contribution in [0.25, 0.3) is 0 Å². The zero-order valence-electron chi connectivity index (χ0n) is 12.7. The monoisotopic (exact) mass is 251 g/mol. The van der Waals surface area contributed by atoms with Crippen molar-refractivity contribution >= 4 is 0 Å². The number of rotatable bonds is 3. The van der Waals surface area contributed by atoms with Gasteiger partial charge < -0.3 is 5.73 Å². The van der Waals surface area contributed by atoms with Crippen LogP contribution in [0.5, 0.6) is 0 Å². The molecule has 0 aliphatic heterocycles. The molecule has 3 atom stereocenters. The minimum absolute atomic E-state index is 0.501. The van der Waals surface area contributed by atoms with Gasteiger partial charge in [-0.15, -0.1) is 0 Å². The summed E-state index contributed by atoms with van der Waals surface area (Å²) in [6.45, 7) is 7.18. The van der Waals surface area contributed by atoms with E-state index in [-0.39, 0.29) is 0 Å². The zero-order chi connectivity index (χ0) is 13.1. The molecule has 2 saturated carbocycles. The van der Waals surface area contributed by atoms with Crippen LogP contribution < -0.4 is 5.73 Å². The van der Waals surface area contributed by atoms with Crippen LogP contribution in [0.2, 0.25) is 0 Å². The highest BCUT2D eigenvalue weighted by Crippen LogP contribution is 2.39. The maximum absolute atomic E-state index is 6.61. The molecular weight excluding hydrogens is 218 g/mol. The molecule has 2 fully saturated rings. The molecule has 0 saturated heterocycles. The van der Waals surface area contributed by atoms with E-state index >= 15 is 0 Å². The third-order valence-corrected chi connectivity index (χ3v) is 5.82. The maximum atomic E-state index is 6.61. The molecule has 0 radical (unpaired) electrons. The second kappa shape index (κ2) is 6.41. The van der Waals surface area contributed by atoms with Crippen LogP contribution in [-0.2, 0) is 0 Å². The van der Waals surface area contributed by atoms with Gasteiger partial charge in [-0.2, -0.15) is 0 Å². The summed E-state index contributed by atoms with van der Waals surface area (Å²) in [7, 11) is 0. The second-order valence-corrected chi connectivity index (χ2v) is 7.53. The van der Waals surface area contributed by atoms with Gasteiger partial charge in [0.05, 0.1) is 0 Å². The van der Waals surface area contributed by atoms with Crippen molar-refractivity contribution in [2.24, 2.45) is 35.3 Å². The lowest BCUT2D eigenvalue weighted by molar-refractivity contribution is 0.147. The summed E-state index contributed by atoms with van der Waals surface area (Å²) in [6.07, 6.45) is 11.3. The Bertz CT molecular complexity index is 240. The highest BCUT2D eigenvalue weighted by molar-refractivity contribution is 4.87. The number of hydrogen-bond acceptors (Lipinski definition) is 1. The van der Waals surface area contributed by atoms with Gasteiger partial charge in [-0.3, -0.25) is 0 Å².